The molecule has 1 heterocycles. The molecular weight excluding hydrogens is 308 g/mol. The summed E-state index contributed by atoms with van der Waals surface area (Å²) in [5.41, 5.74) is 4.09. The molecule has 3 rings (SSSR count). The maximum absolute atomic E-state index is 5.88. The molecule has 1 fully saturated rings. The Labute approximate surface area is 152 Å². The van der Waals surface area contributed by atoms with E-state index in [2.05, 4.69) is 72.6 Å². The van der Waals surface area contributed by atoms with E-state index in [0.29, 0.717) is 5.92 Å². The molecule has 0 saturated carbocycles. The number of piperazine rings is 1. The summed E-state index contributed by atoms with van der Waals surface area (Å²) in [5, 5.41) is 3.40. The Balaban J connectivity index is 1.43. The first-order valence-electron chi connectivity index (χ1n) is 9.44. The lowest BCUT2D eigenvalue weighted by Crippen LogP contribution is -2.42. The van der Waals surface area contributed by atoms with Gasteiger partial charge in [0.2, 0.25) is 0 Å². The summed E-state index contributed by atoms with van der Waals surface area (Å²) in [6.07, 6.45) is 0.944. The molecule has 0 atom stereocenters. The summed E-state index contributed by atoms with van der Waals surface area (Å²) in [4.78, 5) is 2.51. The van der Waals surface area contributed by atoms with Crippen molar-refractivity contribution in [3.05, 3.63) is 65.2 Å². The van der Waals surface area contributed by atoms with Crippen LogP contribution in [0.2, 0.25) is 0 Å². The van der Waals surface area contributed by atoms with Gasteiger partial charge in [-0.05, 0) is 34.7 Å². The zero-order valence-electron chi connectivity index (χ0n) is 15.5. The summed E-state index contributed by atoms with van der Waals surface area (Å²) in [6.45, 7) is 10.7. The third-order valence-corrected chi connectivity index (χ3v) is 4.85. The molecule has 134 valence electrons. The van der Waals surface area contributed by atoms with Crippen molar-refractivity contribution in [1.82, 2.24) is 10.2 Å². The average Bonchev–Trinajstić information content (AvgIpc) is 2.64. The van der Waals surface area contributed by atoms with Gasteiger partial charge in [0.05, 0.1) is 6.61 Å². The first-order chi connectivity index (χ1) is 12.2. The molecule has 1 N–H and O–H groups in total. The molecule has 0 bridgehead atoms. The fourth-order valence-corrected chi connectivity index (χ4v) is 3.17. The van der Waals surface area contributed by atoms with Gasteiger partial charge in [0, 0.05) is 39.1 Å². The molecule has 1 aliphatic heterocycles. The van der Waals surface area contributed by atoms with Crippen LogP contribution in [-0.2, 0) is 13.0 Å². The van der Waals surface area contributed by atoms with E-state index in [0.717, 1.165) is 51.5 Å². The molecule has 0 spiro atoms. The number of rotatable bonds is 7. The van der Waals surface area contributed by atoms with Crippen LogP contribution < -0.4 is 10.1 Å². The van der Waals surface area contributed by atoms with Gasteiger partial charge in [-0.25, -0.2) is 0 Å². The van der Waals surface area contributed by atoms with Crippen LogP contribution in [0.3, 0.4) is 0 Å². The maximum Gasteiger partial charge on any atom is 0.119 e. The first-order valence-corrected chi connectivity index (χ1v) is 9.44. The third-order valence-electron chi connectivity index (χ3n) is 4.85. The van der Waals surface area contributed by atoms with Gasteiger partial charge >= 0.3 is 0 Å². The van der Waals surface area contributed by atoms with Crippen molar-refractivity contribution in [2.24, 2.45) is 0 Å². The van der Waals surface area contributed by atoms with Gasteiger partial charge in [-0.1, -0.05) is 50.2 Å². The van der Waals surface area contributed by atoms with Crippen LogP contribution in [0, 0.1) is 0 Å². The molecule has 0 amide bonds. The van der Waals surface area contributed by atoms with E-state index in [1.807, 2.05) is 0 Å². The maximum atomic E-state index is 5.88. The standard InChI is InChI=1S/C22H30N2O/c1-18(2)21-7-9-22(10-8-21)25-16-11-19-3-5-20(6-4-19)17-24-14-12-23-13-15-24/h3-10,18,23H,11-17H2,1-2H3. The van der Waals surface area contributed by atoms with E-state index in [-0.39, 0.29) is 0 Å². The van der Waals surface area contributed by atoms with Crippen LogP contribution >= 0.6 is 0 Å². The van der Waals surface area contributed by atoms with Crippen LogP contribution in [0.15, 0.2) is 48.5 Å². The van der Waals surface area contributed by atoms with E-state index in [1.54, 1.807) is 0 Å². The van der Waals surface area contributed by atoms with Crippen molar-refractivity contribution in [3.63, 3.8) is 0 Å². The third kappa shape index (κ3) is 5.58. The van der Waals surface area contributed by atoms with Gasteiger partial charge in [-0.3, -0.25) is 4.90 Å². The van der Waals surface area contributed by atoms with Crippen LogP contribution in [-0.4, -0.2) is 37.7 Å². The Hall–Kier alpha value is -1.84. The van der Waals surface area contributed by atoms with E-state index in [4.69, 9.17) is 4.74 Å². The highest BCUT2D eigenvalue weighted by Gasteiger charge is 2.09. The summed E-state index contributed by atoms with van der Waals surface area (Å²) in [6, 6.07) is 17.5. The number of ether oxygens (including phenoxy) is 1. The predicted octanol–water partition coefficient (Wildman–Crippen LogP) is 3.84. The Morgan fingerprint density at radius 3 is 2.20 bits per heavy atom. The van der Waals surface area contributed by atoms with Crippen molar-refractivity contribution in [2.75, 3.05) is 32.8 Å². The minimum atomic E-state index is 0.564. The molecule has 0 radical (unpaired) electrons. The Bertz CT molecular complexity index is 628. The van der Waals surface area contributed by atoms with Crippen molar-refractivity contribution < 1.29 is 4.74 Å². The molecule has 0 unspecified atom stereocenters. The van der Waals surface area contributed by atoms with Gasteiger partial charge < -0.3 is 10.1 Å². The predicted molar refractivity (Wildman–Crippen MR) is 104 cm³/mol. The number of nitrogens with one attached hydrogen (secondary N) is 1. The largest absolute Gasteiger partial charge is 0.493 e. The van der Waals surface area contributed by atoms with E-state index in [1.165, 1.54) is 16.7 Å². The highest BCUT2D eigenvalue weighted by molar-refractivity contribution is 5.29. The number of hydrogen-bond acceptors (Lipinski definition) is 3. The molecule has 3 heteroatoms. The van der Waals surface area contributed by atoms with Crippen molar-refractivity contribution in [3.8, 4) is 5.75 Å². The molecule has 25 heavy (non-hydrogen) atoms. The summed E-state index contributed by atoms with van der Waals surface area (Å²) < 4.78 is 5.88. The van der Waals surface area contributed by atoms with Gasteiger partial charge in [-0.2, -0.15) is 0 Å². The second-order valence-corrected chi connectivity index (χ2v) is 7.16. The zero-order chi connectivity index (χ0) is 17.5. The molecule has 3 nitrogen and oxygen atoms in total. The lowest BCUT2D eigenvalue weighted by Gasteiger charge is -2.27. The zero-order valence-corrected chi connectivity index (χ0v) is 15.5. The lowest BCUT2D eigenvalue weighted by atomic mass is 10.0. The second-order valence-electron chi connectivity index (χ2n) is 7.16. The lowest BCUT2D eigenvalue weighted by molar-refractivity contribution is 0.233. The summed E-state index contributed by atoms with van der Waals surface area (Å²) in [7, 11) is 0. The van der Waals surface area contributed by atoms with Gasteiger partial charge in [0.1, 0.15) is 5.75 Å². The average molecular weight is 338 g/mol. The molecule has 0 aliphatic carbocycles. The summed E-state index contributed by atoms with van der Waals surface area (Å²) >= 11 is 0. The van der Waals surface area contributed by atoms with E-state index < -0.39 is 0 Å². The SMILES string of the molecule is CC(C)c1ccc(OCCc2ccc(CN3CCNCC3)cc2)cc1. The molecule has 2 aromatic rings. The van der Waals surface area contributed by atoms with E-state index in [9.17, 15) is 0 Å². The fraction of sp³-hybridized carbons (Fsp3) is 0.455. The monoisotopic (exact) mass is 338 g/mol. The normalized spacial score (nSPS) is 15.5. The number of nitrogens with zero attached hydrogens (tertiary/aromatic N) is 1. The topological polar surface area (TPSA) is 24.5 Å². The molecular formula is C22H30N2O. The second kappa shape index (κ2) is 9.02. The van der Waals surface area contributed by atoms with Crippen molar-refractivity contribution in [1.29, 1.82) is 0 Å². The quantitative estimate of drug-likeness (QED) is 0.830. The van der Waals surface area contributed by atoms with Crippen LogP contribution in [0.4, 0.5) is 0 Å². The highest BCUT2D eigenvalue weighted by atomic mass is 16.5. The molecule has 0 aromatic heterocycles. The Kier molecular flexibility index (Phi) is 6.48. The Morgan fingerprint density at radius 1 is 0.920 bits per heavy atom. The minimum absolute atomic E-state index is 0.564. The molecule has 1 saturated heterocycles. The van der Waals surface area contributed by atoms with Gasteiger partial charge in [-0.15, -0.1) is 0 Å². The first kappa shape index (κ1) is 18.0. The highest BCUT2D eigenvalue weighted by Crippen LogP contribution is 2.18. The smallest absolute Gasteiger partial charge is 0.119 e. The molecule has 1 aliphatic rings. The van der Waals surface area contributed by atoms with E-state index >= 15 is 0 Å². The van der Waals surface area contributed by atoms with Crippen LogP contribution in [0.25, 0.3) is 0 Å². The van der Waals surface area contributed by atoms with Gasteiger partial charge in [0.25, 0.3) is 0 Å². The van der Waals surface area contributed by atoms with Gasteiger partial charge in [0.15, 0.2) is 0 Å². The summed E-state index contributed by atoms with van der Waals surface area (Å²) in [5.74, 6) is 1.52. The van der Waals surface area contributed by atoms with Crippen LogP contribution in [0.5, 0.6) is 5.75 Å². The fourth-order valence-electron chi connectivity index (χ4n) is 3.17. The minimum Gasteiger partial charge on any atom is -0.493 e. The molecule has 2 aromatic carbocycles. The van der Waals surface area contributed by atoms with Crippen LogP contribution in [0.1, 0.15) is 36.5 Å². The number of benzene rings is 2. The van der Waals surface area contributed by atoms with Crippen molar-refractivity contribution >= 4 is 0 Å². The Morgan fingerprint density at radius 2 is 1.56 bits per heavy atom. The van der Waals surface area contributed by atoms with Crippen molar-refractivity contribution in [2.45, 2.75) is 32.7 Å². The number of hydrogen-bond donors (Lipinski definition) is 1.